The number of carbonyl (C=O) groups is 3. The average Bonchev–Trinajstić information content (AvgIpc) is 3.07. The van der Waals surface area contributed by atoms with Crippen LogP contribution in [0.15, 0.2) is 75.4 Å². The normalized spacial score (nSPS) is 14.8. The summed E-state index contributed by atoms with van der Waals surface area (Å²) in [4.78, 5) is 35.8. The summed E-state index contributed by atoms with van der Waals surface area (Å²) in [5.74, 6) is 0.0146. The summed E-state index contributed by atoms with van der Waals surface area (Å²) in [5, 5.41) is 29.1. The average molecular weight is 742 g/mol. The van der Waals surface area contributed by atoms with Crippen LogP contribution in [0.2, 0.25) is 0 Å². The third kappa shape index (κ3) is 9.64. The highest BCUT2D eigenvalue weighted by Gasteiger charge is 2.32. The lowest BCUT2D eigenvalue weighted by Gasteiger charge is -2.28. The Balaban J connectivity index is 1.39. The monoisotopic (exact) mass is 740 g/mol. The minimum absolute atomic E-state index is 0.188. The third-order valence-corrected chi connectivity index (χ3v) is 7.61. The number of halogens is 1. The highest BCUT2D eigenvalue weighted by Crippen LogP contribution is 2.37. The fraction of sp³-hybridized carbons (Fsp3) is 0.294. The second-order valence-corrected chi connectivity index (χ2v) is 11.3. The largest absolute Gasteiger partial charge is 0.490 e. The van der Waals surface area contributed by atoms with Crippen molar-refractivity contribution in [2.75, 3.05) is 26.9 Å². The Morgan fingerprint density at radius 2 is 1.71 bits per heavy atom. The highest BCUT2D eigenvalue weighted by molar-refractivity contribution is 9.10. The maximum Gasteiger partial charge on any atom is 0.337 e. The number of amides is 2. The van der Waals surface area contributed by atoms with E-state index >= 15 is 0 Å². The van der Waals surface area contributed by atoms with Crippen molar-refractivity contribution in [3.05, 3.63) is 92.6 Å². The van der Waals surface area contributed by atoms with Gasteiger partial charge in [0.25, 0.3) is 0 Å². The van der Waals surface area contributed by atoms with Gasteiger partial charge in [-0.25, -0.2) is 14.4 Å². The van der Waals surface area contributed by atoms with Crippen LogP contribution in [-0.2, 0) is 16.1 Å². The molecular weight excluding hydrogens is 704 g/mol. The number of urea groups is 1. The smallest absolute Gasteiger partial charge is 0.337 e. The number of methoxy groups -OCH3 is 1. The molecule has 0 bridgehead atoms. The molecule has 14 nitrogen and oxygen atoms in total. The van der Waals surface area contributed by atoms with Crippen molar-refractivity contribution in [3.63, 3.8) is 0 Å². The van der Waals surface area contributed by atoms with Crippen molar-refractivity contribution in [2.24, 2.45) is 5.10 Å². The van der Waals surface area contributed by atoms with Crippen molar-refractivity contribution in [1.29, 1.82) is 0 Å². The predicted octanol–water partition coefficient (Wildman–Crippen LogP) is 4.65. The molecule has 0 aliphatic carbocycles. The molecule has 260 valence electrons. The summed E-state index contributed by atoms with van der Waals surface area (Å²) < 4.78 is 28.9. The van der Waals surface area contributed by atoms with Gasteiger partial charge in [0.15, 0.2) is 29.2 Å². The molecule has 1 heterocycles. The van der Waals surface area contributed by atoms with E-state index in [4.69, 9.17) is 28.8 Å². The number of aliphatic hydroxyl groups excluding tert-OH is 1. The van der Waals surface area contributed by atoms with Crippen LogP contribution in [0.4, 0.5) is 4.79 Å². The number of rotatable bonds is 16. The summed E-state index contributed by atoms with van der Waals surface area (Å²) in [5.41, 5.74) is 5.42. The van der Waals surface area contributed by atoms with Gasteiger partial charge in [0.2, 0.25) is 0 Å². The number of carbonyl (C=O) groups excluding carboxylic acids is 2. The molecule has 5 N–H and O–H groups in total. The van der Waals surface area contributed by atoms with E-state index in [2.05, 4.69) is 37.1 Å². The fourth-order valence-corrected chi connectivity index (χ4v) is 5.36. The van der Waals surface area contributed by atoms with Crippen LogP contribution in [0.3, 0.4) is 0 Å². The minimum atomic E-state index is -1.20. The molecule has 2 atom stereocenters. The van der Waals surface area contributed by atoms with E-state index in [0.717, 1.165) is 5.56 Å². The molecule has 0 fully saturated rings. The van der Waals surface area contributed by atoms with Gasteiger partial charge in [-0.3, -0.25) is 5.43 Å². The van der Waals surface area contributed by atoms with E-state index < -0.39 is 30.2 Å². The number of benzene rings is 3. The van der Waals surface area contributed by atoms with Crippen molar-refractivity contribution in [2.45, 2.75) is 39.6 Å². The Morgan fingerprint density at radius 3 is 2.39 bits per heavy atom. The summed E-state index contributed by atoms with van der Waals surface area (Å²) in [6, 6.07) is 13.6. The Morgan fingerprint density at radius 1 is 1.00 bits per heavy atom. The second-order valence-electron chi connectivity index (χ2n) is 10.5. The first-order valence-corrected chi connectivity index (χ1v) is 16.0. The number of ether oxygens (including phenoxy) is 5. The molecule has 0 unspecified atom stereocenters. The van der Waals surface area contributed by atoms with Crippen LogP contribution in [0.1, 0.15) is 53.9 Å². The zero-order chi connectivity index (χ0) is 35.5. The molecule has 49 heavy (non-hydrogen) atoms. The number of allylic oxidation sites excluding steroid dienone is 1. The van der Waals surface area contributed by atoms with Crippen LogP contribution >= 0.6 is 15.9 Å². The molecule has 1 aliphatic heterocycles. The Hall–Kier alpha value is -5.28. The van der Waals surface area contributed by atoms with Gasteiger partial charge in [0.05, 0.1) is 48.2 Å². The number of nitrogens with one attached hydrogen (secondary N) is 3. The molecule has 3 aromatic carbocycles. The number of hydrazone groups is 1. The number of carboxylic acids is 1. The zero-order valence-corrected chi connectivity index (χ0v) is 28.8. The molecule has 0 saturated carbocycles. The first-order chi connectivity index (χ1) is 23.5. The lowest BCUT2D eigenvalue weighted by atomic mass is 9.95. The number of carboxylic acid groups (broad SMARTS) is 1. The Bertz CT molecular complexity index is 1730. The summed E-state index contributed by atoms with van der Waals surface area (Å²) in [6.07, 6.45) is 0.295. The molecule has 0 spiro atoms. The molecule has 2 amide bonds. The van der Waals surface area contributed by atoms with Gasteiger partial charge in [-0.15, -0.1) is 0 Å². The Kier molecular flexibility index (Phi) is 12.8. The third-order valence-electron chi connectivity index (χ3n) is 7.03. The Labute approximate surface area is 291 Å². The first kappa shape index (κ1) is 36.6. The van der Waals surface area contributed by atoms with Crippen molar-refractivity contribution >= 4 is 40.1 Å². The van der Waals surface area contributed by atoms with Gasteiger partial charge in [-0.05, 0) is 89.8 Å². The van der Waals surface area contributed by atoms with Crippen LogP contribution in [0.5, 0.6) is 23.0 Å². The molecular formula is C34H37BrN4O10. The summed E-state index contributed by atoms with van der Waals surface area (Å²) >= 11 is 3.52. The van der Waals surface area contributed by atoms with E-state index in [1.807, 2.05) is 6.92 Å². The number of esters is 1. The van der Waals surface area contributed by atoms with Gasteiger partial charge >= 0.3 is 18.0 Å². The van der Waals surface area contributed by atoms with Crippen molar-refractivity contribution in [1.82, 2.24) is 16.1 Å². The maximum absolute atomic E-state index is 12.5. The molecule has 15 heteroatoms. The van der Waals surface area contributed by atoms with Gasteiger partial charge in [-0.2, -0.15) is 5.10 Å². The van der Waals surface area contributed by atoms with E-state index in [1.165, 1.54) is 25.5 Å². The number of nitrogens with zero attached hydrogens (tertiary/aromatic N) is 1. The van der Waals surface area contributed by atoms with E-state index in [9.17, 15) is 19.5 Å². The first-order valence-electron chi connectivity index (χ1n) is 15.2. The number of aliphatic hydroxyl groups is 1. The number of hydrogen-bond donors (Lipinski definition) is 5. The minimum Gasteiger partial charge on any atom is -0.490 e. The number of hydrogen-bond acceptors (Lipinski definition) is 11. The fourth-order valence-electron chi connectivity index (χ4n) is 4.78. The van der Waals surface area contributed by atoms with Crippen LogP contribution in [-0.4, -0.2) is 67.6 Å². The highest BCUT2D eigenvalue weighted by atomic mass is 79.9. The maximum atomic E-state index is 12.5. The lowest BCUT2D eigenvalue weighted by molar-refractivity contribution is -0.136. The molecule has 3 aromatic rings. The molecule has 1 aliphatic rings. The summed E-state index contributed by atoms with van der Waals surface area (Å²) in [6.45, 7) is 5.94. The van der Waals surface area contributed by atoms with Crippen molar-refractivity contribution < 1.29 is 48.3 Å². The van der Waals surface area contributed by atoms with Gasteiger partial charge in [0, 0.05) is 5.70 Å². The SMILES string of the molecule is CCOc1cc([C@H]2NC(=O)NC(C)=C2C(=O)OC)ccc1OC[C@@H](O)N/N=C\c1cc(Br)c(OCc2ccc(C(=O)O)cc2)c(OCC)c1. The van der Waals surface area contributed by atoms with Crippen LogP contribution < -0.4 is 35.0 Å². The van der Waals surface area contributed by atoms with Crippen molar-refractivity contribution in [3.8, 4) is 23.0 Å². The van der Waals surface area contributed by atoms with Crippen LogP contribution in [0.25, 0.3) is 0 Å². The van der Waals surface area contributed by atoms with E-state index in [-0.39, 0.29) is 24.4 Å². The molecule has 4 rings (SSSR count). The summed E-state index contributed by atoms with van der Waals surface area (Å²) in [7, 11) is 1.26. The van der Waals surface area contributed by atoms with E-state index in [1.54, 1.807) is 56.3 Å². The standard InChI is InChI=1S/C34H37BrN4O10/c1-5-46-26-15-23(30-29(33(43)45-4)19(3)37-34(44)38-30)11-12-25(26)48-18-28(40)39-36-16-21-13-24(35)31(27(14-21)47-6-2)49-17-20-7-9-22(10-8-20)32(41)42/h7-16,28,30,39-40H,5-6,17-18H2,1-4H3,(H,41,42)(H2,37,38,44)/b36-16-/t28-,30-/m1/s1. The van der Waals surface area contributed by atoms with Gasteiger partial charge < -0.3 is 44.5 Å². The zero-order valence-electron chi connectivity index (χ0n) is 27.2. The predicted molar refractivity (Wildman–Crippen MR) is 182 cm³/mol. The van der Waals surface area contributed by atoms with Gasteiger partial charge in [-0.1, -0.05) is 18.2 Å². The quantitative estimate of drug-likeness (QED) is 0.0596. The molecule has 0 saturated heterocycles. The molecule has 0 radical (unpaired) electrons. The van der Waals surface area contributed by atoms with Crippen LogP contribution in [0, 0.1) is 0 Å². The topological polar surface area (TPSA) is 186 Å². The number of aromatic carboxylic acids is 1. The van der Waals surface area contributed by atoms with E-state index in [0.29, 0.717) is 57.5 Å². The molecule has 0 aromatic heterocycles. The second kappa shape index (κ2) is 17.2. The van der Waals surface area contributed by atoms with Gasteiger partial charge in [0.1, 0.15) is 13.2 Å². The lowest BCUT2D eigenvalue weighted by Crippen LogP contribution is -2.45.